The molecule has 136 valence electrons. The summed E-state index contributed by atoms with van der Waals surface area (Å²) < 4.78 is 5.84. The molecule has 2 heteroatoms. The van der Waals surface area contributed by atoms with Gasteiger partial charge in [-0.3, -0.25) is 0 Å². The molecule has 0 aromatic heterocycles. The summed E-state index contributed by atoms with van der Waals surface area (Å²) in [5.74, 6) is 8.17. The standard InChI is InChI=1S/C23H32O2/c1-4-17(24)25-11-23-10-15(18-12-5-6-13(7-12)20(18)23)19-14-8-16(21(19)23)22(2,3)9-14/h4,12-16,18-21H,1,5-11H2,2-3H3. The molecule has 10 atom stereocenters. The number of ether oxygens (including phenoxy) is 1. The number of hydrogen-bond acceptors (Lipinski definition) is 2. The molecule has 6 saturated carbocycles. The first-order valence-corrected chi connectivity index (χ1v) is 10.8. The third-order valence-electron chi connectivity index (χ3n) is 10.3. The first-order valence-electron chi connectivity index (χ1n) is 10.8. The normalized spacial score (nSPS) is 58.4. The maximum atomic E-state index is 11.9. The second kappa shape index (κ2) is 4.54. The molecule has 0 amide bonds. The summed E-state index contributed by atoms with van der Waals surface area (Å²) in [5, 5.41) is 0. The lowest BCUT2D eigenvalue weighted by Crippen LogP contribution is -2.51. The summed E-state index contributed by atoms with van der Waals surface area (Å²) in [7, 11) is 0. The van der Waals surface area contributed by atoms with Gasteiger partial charge in [-0.2, -0.15) is 0 Å². The SMILES string of the molecule is C=CC(=O)OCC12CC(C3C4CCC(C4)C31)C1C3CC(C12)C(C)(C)C3. The van der Waals surface area contributed by atoms with E-state index < -0.39 is 0 Å². The largest absolute Gasteiger partial charge is 0.462 e. The van der Waals surface area contributed by atoms with E-state index in [2.05, 4.69) is 20.4 Å². The maximum absolute atomic E-state index is 11.9. The van der Waals surface area contributed by atoms with Crippen LogP contribution in [-0.4, -0.2) is 12.6 Å². The van der Waals surface area contributed by atoms with Crippen molar-refractivity contribution in [2.75, 3.05) is 6.61 Å². The summed E-state index contributed by atoms with van der Waals surface area (Å²) in [6.07, 6.45) is 10.1. The van der Waals surface area contributed by atoms with Gasteiger partial charge in [-0.15, -0.1) is 0 Å². The average molecular weight is 341 g/mol. The highest BCUT2D eigenvalue weighted by Crippen LogP contribution is 2.82. The van der Waals surface area contributed by atoms with Crippen LogP contribution >= 0.6 is 0 Å². The highest BCUT2D eigenvalue weighted by molar-refractivity contribution is 5.81. The predicted octanol–water partition coefficient (Wildman–Crippen LogP) is 4.70. The van der Waals surface area contributed by atoms with E-state index >= 15 is 0 Å². The lowest BCUT2D eigenvalue weighted by molar-refractivity contribution is -0.150. The molecule has 0 aromatic carbocycles. The number of carbonyl (C=O) groups excluding carboxylic acids is 1. The Hall–Kier alpha value is -0.790. The molecule has 10 unspecified atom stereocenters. The fourth-order valence-electron chi connectivity index (χ4n) is 10.2. The van der Waals surface area contributed by atoms with E-state index in [1.807, 2.05) is 0 Å². The molecule has 0 spiro atoms. The molecule has 6 bridgehead atoms. The predicted molar refractivity (Wildman–Crippen MR) is 96.5 cm³/mol. The smallest absolute Gasteiger partial charge is 0.330 e. The van der Waals surface area contributed by atoms with Crippen molar-refractivity contribution in [2.45, 2.75) is 52.4 Å². The summed E-state index contributed by atoms with van der Waals surface area (Å²) >= 11 is 0. The topological polar surface area (TPSA) is 26.3 Å². The number of esters is 1. The average Bonchev–Trinajstić information content (AvgIpc) is 3.35. The van der Waals surface area contributed by atoms with E-state index in [0.717, 1.165) is 53.3 Å². The number of fused-ring (bicyclic) bond motifs is 16. The molecule has 0 N–H and O–H groups in total. The highest BCUT2D eigenvalue weighted by atomic mass is 16.5. The lowest BCUT2D eigenvalue weighted by Gasteiger charge is -2.54. The van der Waals surface area contributed by atoms with Gasteiger partial charge in [0.15, 0.2) is 0 Å². The zero-order chi connectivity index (χ0) is 17.1. The fraction of sp³-hybridized carbons (Fsp3) is 0.870. The molecule has 0 heterocycles. The fourth-order valence-corrected chi connectivity index (χ4v) is 10.2. The molecule has 2 nitrogen and oxygen atoms in total. The van der Waals surface area contributed by atoms with Gasteiger partial charge < -0.3 is 4.74 Å². The van der Waals surface area contributed by atoms with Crippen LogP contribution in [0.15, 0.2) is 12.7 Å². The van der Waals surface area contributed by atoms with Crippen LogP contribution in [0.1, 0.15) is 52.4 Å². The quantitative estimate of drug-likeness (QED) is 0.423. The summed E-state index contributed by atoms with van der Waals surface area (Å²) in [5.41, 5.74) is 0.814. The van der Waals surface area contributed by atoms with Crippen molar-refractivity contribution < 1.29 is 9.53 Å². The van der Waals surface area contributed by atoms with Gasteiger partial charge in [0.1, 0.15) is 0 Å². The molecule has 0 aliphatic heterocycles. The van der Waals surface area contributed by atoms with Crippen LogP contribution in [0.3, 0.4) is 0 Å². The zero-order valence-electron chi connectivity index (χ0n) is 15.7. The van der Waals surface area contributed by atoms with Crippen molar-refractivity contribution in [2.24, 2.45) is 64.1 Å². The van der Waals surface area contributed by atoms with E-state index in [9.17, 15) is 4.79 Å². The third kappa shape index (κ3) is 1.62. The van der Waals surface area contributed by atoms with Crippen LogP contribution in [0.2, 0.25) is 0 Å². The monoisotopic (exact) mass is 340 g/mol. The van der Waals surface area contributed by atoms with Crippen molar-refractivity contribution >= 4 is 5.97 Å². The number of hydrogen-bond donors (Lipinski definition) is 0. The Morgan fingerprint density at radius 1 is 1.08 bits per heavy atom. The Balaban J connectivity index is 1.43. The van der Waals surface area contributed by atoms with E-state index in [0.29, 0.717) is 17.4 Å². The highest BCUT2D eigenvalue weighted by Gasteiger charge is 2.78. The first kappa shape index (κ1) is 15.3. The van der Waals surface area contributed by atoms with Gasteiger partial charge in [0, 0.05) is 11.5 Å². The summed E-state index contributed by atoms with van der Waals surface area (Å²) in [4.78, 5) is 11.9. The Bertz CT molecular complexity index is 650. The molecule has 0 saturated heterocycles. The third-order valence-corrected chi connectivity index (χ3v) is 10.3. The van der Waals surface area contributed by atoms with Gasteiger partial charge in [-0.25, -0.2) is 4.79 Å². The van der Waals surface area contributed by atoms with Crippen LogP contribution in [-0.2, 0) is 9.53 Å². The van der Waals surface area contributed by atoms with E-state index in [4.69, 9.17) is 4.74 Å². The van der Waals surface area contributed by atoms with Crippen LogP contribution < -0.4 is 0 Å². The minimum absolute atomic E-state index is 0.205. The van der Waals surface area contributed by atoms with Gasteiger partial charge in [-0.1, -0.05) is 20.4 Å². The van der Waals surface area contributed by atoms with Crippen molar-refractivity contribution in [1.29, 1.82) is 0 Å². The van der Waals surface area contributed by atoms with Crippen molar-refractivity contribution in [3.8, 4) is 0 Å². The summed E-state index contributed by atoms with van der Waals surface area (Å²) in [6, 6.07) is 0. The molecular weight excluding hydrogens is 308 g/mol. The van der Waals surface area contributed by atoms with Crippen molar-refractivity contribution in [1.82, 2.24) is 0 Å². The van der Waals surface area contributed by atoms with Gasteiger partial charge in [0.25, 0.3) is 0 Å². The Kier molecular flexibility index (Phi) is 2.78. The van der Waals surface area contributed by atoms with Crippen molar-refractivity contribution in [3.05, 3.63) is 12.7 Å². The second-order valence-electron chi connectivity index (χ2n) is 11.2. The molecule has 6 aliphatic carbocycles. The van der Waals surface area contributed by atoms with Gasteiger partial charge in [-0.05, 0) is 97.2 Å². The Morgan fingerprint density at radius 2 is 1.84 bits per heavy atom. The molecule has 0 aromatic rings. The number of rotatable bonds is 3. The van der Waals surface area contributed by atoms with E-state index in [-0.39, 0.29) is 5.97 Å². The second-order valence-corrected chi connectivity index (χ2v) is 11.2. The Morgan fingerprint density at radius 3 is 2.64 bits per heavy atom. The van der Waals surface area contributed by atoms with Crippen LogP contribution in [0, 0.1) is 64.1 Å². The molecule has 6 fully saturated rings. The van der Waals surface area contributed by atoms with Crippen molar-refractivity contribution in [3.63, 3.8) is 0 Å². The molecule has 6 rings (SSSR count). The van der Waals surface area contributed by atoms with E-state index in [1.165, 1.54) is 44.6 Å². The van der Waals surface area contributed by atoms with Gasteiger partial charge in [0.05, 0.1) is 6.61 Å². The summed E-state index contributed by atoms with van der Waals surface area (Å²) in [6.45, 7) is 9.35. The molecule has 6 aliphatic rings. The molecule has 25 heavy (non-hydrogen) atoms. The van der Waals surface area contributed by atoms with Crippen LogP contribution in [0.4, 0.5) is 0 Å². The molecule has 0 radical (unpaired) electrons. The first-order chi connectivity index (χ1) is 12.0. The minimum atomic E-state index is -0.205. The van der Waals surface area contributed by atoms with Gasteiger partial charge >= 0.3 is 5.97 Å². The van der Waals surface area contributed by atoms with Gasteiger partial charge in [0.2, 0.25) is 0 Å². The van der Waals surface area contributed by atoms with Crippen LogP contribution in [0.5, 0.6) is 0 Å². The number of carbonyl (C=O) groups is 1. The van der Waals surface area contributed by atoms with E-state index in [1.54, 1.807) is 0 Å². The maximum Gasteiger partial charge on any atom is 0.330 e. The molecular formula is C23H32O2. The lowest BCUT2D eigenvalue weighted by atomic mass is 9.51. The Labute approximate surface area is 151 Å². The minimum Gasteiger partial charge on any atom is -0.462 e. The van der Waals surface area contributed by atoms with Crippen LogP contribution in [0.25, 0.3) is 0 Å². The zero-order valence-corrected chi connectivity index (χ0v) is 15.7.